The highest BCUT2D eigenvalue weighted by Crippen LogP contribution is 2.41. The summed E-state index contributed by atoms with van der Waals surface area (Å²) < 4.78 is 10.6. The van der Waals surface area contributed by atoms with Gasteiger partial charge >= 0.3 is 11.9 Å². The normalized spacial score (nSPS) is 20.1. The minimum atomic E-state index is -1.51. The maximum absolute atomic E-state index is 12.6. The number of carbonyl (C=O) groups excluding carboxylic acids is 2. The molecule has 1 aromatic carbocycles. The molecule has 0 aliphatic carbocycles. The van der Waals surface area contributed by atoms with Gasteiger partial charge < -0.3 is 14.4 Å². The number of benzene rings is 1. The monoisotopic (exact) mass is 303 g/mol. The molecule has 2 rings (SSSR count). The second-order valence-corrected chi connectivity index (χ2v) is 5.18. The van der Waals surface area contributed by atoms with E-state index in [0.717, 1.165) is 11.3 Å². The number of ether oxygens (including phenoxy) is 2. The van der Waals surface area contributed by atoms with Crippen molar-refractivity contribution in [1.29, 1.82) is 0 Å². The number of rotatable bonds is 5. The van der Waals surface area contributed by atoms with Crippen molar-refractivity contribution in [2.45, 2.75) is 32.7 Å². The van der Waals surface area contributed by atoms with Gasteiger partial charge in [0.25, 0.3) is 0 Å². The van der Waals surface area contributed by atoms with E-state index in [9.17, 15) is 9.59 Å². The highest BCUT2D eigenvalue weighted by molar-refractivity contribution is 6.11. The topological polar surface area (TPSA) is 55.8 Å². The van der Waals surface area contributed by atoms with Crippen LogP contribution in [0.2, 0.25) is 0 Å². The molecular formula is C17H21NO4. The summed E-state index contributed by atoms with van der Waals surface area (Å²) >= 11 is 0. The first-order valence-electron chi connectivity index (χ1n) is 7.40. The molecular weight excluding hydrogens is 282 g/mol. The maximum Gasteiger partial charge on any atom is 0.349 e. The van der Waals surface area contributed by atoms with Gasteiger partial charge in [-0.2, -0.15) is 0 Å². The van der Waals surface area contributed by atoms with Gasteiger partial charge in [-0.05, 0) is 38.5 Å². The Morgan fingerprint density at radius 1 is 1.45 bits per heavy atom. The third-order valence-corrected chi connectivity index (χ3v) is 3.78. The molecule has 1 aliphatic rings. The molecule has 0 saturated carbocycles. The lowest BCUT2D eigenvalue weighted by Gasteiger charge is -2.43. The first-order chi connectivity index (χ1) is 10.5. The Balaban J connectivity index is 2.63. The van der Waals surface area contributed by atoms with Gasteiger partial charge in [0.15, 0.2) is 5.75 Å². The molecule has 118 valence electrons. The maximum atomic E-state index is 12.6. The van der Waals surface area contributed by atoms with Gasteiger partial charge in [0.1, 0.15) is 0 Å². The third kappa shape index (κ3) is 2.36. The number of hydrogen-bond acceptors (Lipinski definition) is 5. The van der Waals surface area contributed by atoms with Crippen molar-refractivity contribution in [2.75, 3.05) is 18.1 Å². The molecule has 5 nitrogen and oxygen atoms in total. The number of fused-ring (bicyclic) bond motifs is 1. The average Bonchev–Trinajstić information content (AvgIpc) is 2.48. The van der Waals surface area contributed by atoms with Gasteiger partial charge in [0.2, 0.25) is 5.54 Å². The molecule has 0 N–H and O–H groups in total. The number of anilines is 1. The minimum Gasteiger partial charge on any atom is -0.464 e. The molecule has 1 atom stereocenters. The van der Waals surface area contributed by atoms with Crippen LogP contribution < -0.4 is 9.64 Å². The van der Waals surface area contributed by atoms with Crippen molar-refractivity contribution in [3.63, 3.8) is 0 Å². The summed E-state index contributed by atoms with van der Waals surface area (Å²) in [5, 5.41) is 0. The van der Waals surface area contributed by atoms with Crippen LogP contribution >= 0.6 is 0 Å². The average molecular weight is 303 g/mol. The second-order valence-electron chi connectivity index (χ2n) is 5.18. The van der Waals surface area contributed by atoms with E-state index in [-0.39, 0.29) is 13.0 Å². The zero-order valence-electron chi connectivity index (χ0n) is 13.2. The van der Waals surface area contributed by atoms with Crippen LogP contribution in [-0.2, 0) is 14.3 Å². The van der Waals surface area contributed by atoms with Crippen LogP contribution in [0.4, 0.5) is 5.69 Å². The number of aryl methyl sites for hydroxylation is 1. The highest BCUT2D eigenvalue weighted by atomic mass is 16.6. The van der Waals surface area contributed by atoms with E-state index in [2.05, 4.69) is 6.58 Å². The van der Waals surface area contributed by atoms with E-state index in [1.807, 2.05) is 26.0 Å². The molecule has 1 aliphatic heterocycles. The Morgan fingerprint density at radius 3 is 2.77 bits per heavy atom. The molecule has 0 bridgehead atoms. The van der Waals surface area contributed by atoms with Crippen molar-refractivity contribution < 1.29 is 19.1 Å². The summed E-state index contributed by atoms with van der Waals surface area (Å²) in [6.07, 6.45) is 1.67. The van der Waals surface area contributed by atoms with Gasteiger partial charge in [-0.15, -0.1) is 6.58 Å². The number of nitrogens with zero attached hydrogens (tertiary/aromatic N) is 1. The van der Waals surface area contributed by atoms with E-state index in [4.69, 9.17) is 9.47 Å². The Morgan fingerprint density at radius 2 is 2.18 bits per heavy atom. The lowest BCUT2D eigenvalue weighted by molar-refractivity contribution is -0.160. The van der Waals surface area contributed by atoms with Crippen LogP contribution in [0.15, 0.2) is 30.9 Å². The van der Waals surface area contributed by atoms with Gasteiger partial charge in [0, 0.05) is 13.0 Å². The van der Waals surface area contributed by atoms with Crippen molar-refractivity contribution in [2.24, 2.45) is 0 Å². The van der Waals surface area contributed by atoms with Crippen LogP contribution in [-0.4, -0.2) is 30.6 Å². The minimum absolute atomic E-state index is 0.131. The molecule has 1 aromatic rings. The summed E-state index contributed by atoms with van der Waals surface area (Å²) in [5.41, 5.74) is 0.233. The summed E-state index contributed by atoms with van der Waals surface area (Å²) in [6, 6.07) is 5.52. The zero-order chi connectivity index (χ0) is 16.3. The molecule has 0 saturated heterocycles. The highest BCUT2D eigenvalue weighted by Gasteiger charge is 2.56. The smallest absolute Gasteiger partial charge is 0.349 e. The molecule has 0 fully saturated rings. The van der Waals surface area contributed by atoms with Crippen LogP contribution in [0.5, 0.6) is 5.75 Å². The van der Waals surface area contributed by atoms with Gasteiger partial charge in [-0.3, -0.25) is 0 Å². The van der Waals surface area contributed by atoms with Crippen LogP contribution in [0, 0.1) is 6.92 Å². The van der Waals surface area contributed by atoms with Crippen molar-refractivity contribution >= 4 is 17.6 Å². The summed E-state index contributed by atoms with van der Waals surface area (Å²) in [4.78, 5) is 26.9. The lowest BCUT2D eigenvalue weighted by Crippen LogP contribution is -2.64. The number of esters is 2. The predicted molar refractivity (Wildman–Crippen MR) is 84.0 cm³/mol. The largest absolute Gasteiger partial charge is 0.464 e. The van der Waals surface area contributed by atoms with E-state index >= 15 is 0 Å². The molecule has 1 heterocycles. The molecule has 22 heavy (non-hydrogen) atoms. The van der Waals surface area contributed by atoms with Gasteiger partial charge in [-0.25, -0.2) is 9.59 Å². The Labute approximate surface area is 130 Å². The zero-order valence-corrected chi connectivity index (χ0v) is 13.2. The number of likely N-dealkylation sites (N-methyl/N-ethyl adjacent to an activating group) is 1. The van der Waals surface area contributed by atoms with Crippen LogP contribution in [0.1, 0.15) is 25.8 Å². The van der Waals surface area contributed by atoms with Crippen molar-refractivity contribution in [3.8, 4) is 5.75 Å². The fourth-order valence-corrected chi connectivity index (χ4v) is 2.79. The van der Waals surface area contributed by atoms with Gasteiger partial charge in [0.05, 0.1) is 12.3 Å². The number of carbonyl (C=O) groups is 2. The predicted octanol–water partition coefficient (Wildman–Crippen LogP) is 2.62. The molecule has 0 radical (unpaired) electrons. The van der Waals surface area contributed by atoms with E-state index < -0.39 is 17.5 Å². The molecule has 0 aromatic heterocycles. The van der Waals surface area contributed by atoms with E-state index in [1.165, 1.54) is 0 Å². The lowest BCUT2D eigenvalue weighted by atomic mass is 9.90. The van der Waals surface area contributed by atoms with Gasteiger partial charge in [-0.1, -0.05) is 12.1 Å². The summed E-state index contributed by atoms with van der Waals surface area (Å²) in [7, 11) is 0. The van der Waals surface area contributed by atoms with E-state index in [0.29, 0.717) is 12.3 Å². The summed E-state index contributed by atoms with van der Waals surface area (Å²) in [6.45, 7) is 9.89. The summed E-state index contributed by atoms with van der Waals surface area (Å²) in [5.74, 6) is -0.764. The standard InChI is InChI=1S/C17H21NO4/c1-5-10-17(15(19)21-7-3)16(20)22-14-9-8-12(4)11-13(14)18(17)6-2/h5,8-9,11H,1,6-7,10H2,2-4H3. The Bertz CT molecular complexity index is 611. The Hall–Kier alpha value is -2.30. The molecule has 0 amide bonds. The Kier molecular flexibility index (Phi) is 4.54. The quantitative estimate of drug-likeness (QED) is 0.362. The fraction of sp³-hybridized carbons (Fsp3) is 0.412. The van der Waals surface area contributed by atoms with Crippen LogP contribution in [0.25, 0.3) is 0 Å². The molecule has 0 spiro atoms. The van der Waals surface area contributed by atoms with Crippen molar-refractivity contribution in [3.05, 3.63) is 36.4 Å². The first kappa shape index (κ1) is 16.1. The van der Waals surface area contributed by atoms with E-state index in [1.54, 1.807) is 24.0 Å². The third-order valence-electron chi connectivity index (χ3n) is 3.78. The van der Waals surface area contributed by atoms with Crippen LogP contribution in [0.3, 0.4) is 0 Å². The number of hydrogen-bond donors (Lipinski definition) is 0. The first-order valence-corrected chi connectivity index (χ1v) is 7.40. The van der Waals surface area contributed by atoms with Crippen molar-refractivity contribution in [1.82, 2.24) is 0 Å². The SMILES string of the molecule is C=CCC1(C(=O)OCC)C(=O)Oc2ccc(C)cc2N1CC. The molecule has 1 unspecified atom stereocenters. The molecule has 5 heteroatoms. The fourth-order valence-electron chi connectivity index (χ4n) is 2.79. The second kappa shape index (κ2) is 6.22.